The first-order chi connectivity index (χ1) is 7.84. The van der Waals surface area contributed by atoms with Crippen molar-refractivity contribution in [2.24, 2.45) is 0 Å². The van der Waals surface area contributed by atoms with Crippen molar-refractivity contribution in [3.8, 4) is 0 Å². The fourth-order valence-corrected chi connectivity index (χ4v) is 1.49. The first-order valence-corrected chi connectivity index (χ1v) is 4.87. The number of carboxylic acid groups (broad SMARTS) is 1. The van der Waals surface area contributed by atoms with Gasteiger partial charge in [-0.15, -0.1) is 0 Å². The Morgan fingerprint density at radius 3 is 2.47 bits per heavy atom. The number of aliphatic hydroxyl groups is 2. The van der Waals surface area contributed by atoms with E-state index in [-0.39, 0.29) is 11.1 Å². The molecule has 0 aliphatic rings. The van der Waals surface area contributed by atoms with Crippen molar-refractivity contribution in [2.45, 2.75) is 25.6 Å². The lowest BCUT2D eigenvalue weighted by Crippen LogP contribution is -2.22. The van der Waals surface area contributed by atoms with Crippen molar-refractivity contribution in [3.05, 3.63) is 34.9 Å². The van der Waals surface area contributed by atoms with Gasteiger partial charge in [0.25, 0.3) is 0 Å². The minimum absolute atomic E-state index is 0.0300. The summed E-state index contributed by atoms with van der Waals surface area (Å²) in [5.74, 6) is -3.48. The summed E-state index contributed by atoms with van der Waals surface area (Å²) in [5, 5.41) is 27.5. The fourth-order valence-electron chi connectivity index (χ4n) is 1.49. The molecule has 0 aromatic heterocycles. The van der Waals surface area contributed by atoms with E-state index in [9.17, 15) is 23.8 Å². The third-order valence-electron chi connectivity index (χ3n) is 2.45. The average molecular weight is 246 g/mol. The summed E-state index contributed by atoms with van der Waals surface area (Å²) in [5.41, 5.74) is -0.181. The smallest absolute Gasteiger partial charge is 0.306 e. The molecule has 17 heavy (non-hydrogen) atoms. The highest BCUT2D eigenvalue weighted by Crippen LogP contribution is 2.25. The monoisotopic (exact) mass is 246 g/mol. The molecule has 4 nitrogen and oxygen atoms in total. The van der Waals surface area contributed by atoms with Gasteiger partial charge in [0, 0.05) is 0 Å². The maximum atomic E-state index is 13.2. The number of benzene rings is 1. The van der Waals surface area contributed by atoms with Crippen molar-refractivity contribution >= 4 is 5.97 Å². The van der Waals surface area contributed by atoms with Crippen molar-refractivity contribution in [2.75, 3.05) is 0 Å². The third kappa shape index (κ3) is 2.98. The van der Waals surface area contributed by atoms with Crippen LogP contribution in [0.2, 0.25) is 0 Å². The van der Waals surface area contributed by atoms with E-state index in [4.69, 9.17) is 5.11 Å². The molecule has 0 spiro atoms. The molecule has 1 aromatic carbocycles. The third-order valence-corrected chi connectivity index (χ3v) is 2.45. The minimum atomic E-state index is -1.57. The van der Waals surface area contributed by atoms with Crippen molar-refractivity contribution in [3.63, 3.8) is 0 Å². The van der Waals surface area contributed by atoms with Crippen LogP contribution in [0, 0.1) is 18.6 Å². The molecule has 3 N–H and O–H groups in total. The number of carboxylic acids is 1. The molecule has 0 amide bonds. The van der Waals surface area contributed by atoms with E-state index < -0.39 is 36.2 Å². The summed E-state index contributed by atoms with van der Waals surface area (Å²) in [7, 11) is 0. The summed E-state index contributed by atoms with van der Waals surface area (Å²) in [4.78, 5) is 10.3. The molecule has 0 aliphatic heterocycles. The van der Waals surface area contributed by atoms with E-state index in [1.165, 1.54) is 6.92 Å². The van der Waals surface area contributed by atoms with Crippen LogP contribution >= 0.6 is 0 Å². The van der Waals surface area contributed by atoms with Crippen LogP contribution in [0.15, 0.2) is 12.1 Å². The van der Waals surface area contributed by atoms with Crippen molar-refractivity contribution in [1.29, 1.82) is 0 Å². The lowest BCUT2D eigenvalue weighted by molar-refractivity contribution is -0.141. The van der Waals surface area contributed by atoms with Crippen LogP contribution in [0.1, 0.15) is 23.7 Å². The maximum Gasteiger partial charge on any atom is 0.306 e. The van der Waals surface area contributed by atoms with Gasteiger partial charge in [-0.1, -0.05) is 6.07 Å². The van der Waals surface area contributed by atoms with Crippen LogP contribution in [-0.2, 0) is 4.79 Å². The average Bonchev–Trinajstić information content (AvgIpc) is 2.24. The topological polar surface area (TPSA) is 77.8 Å². The lowest BCUT2D eigenvalue weighted by atomic mass is 9.97. The quantitative estimate of drug-likeness (QED) is 0.744. The molecule has 1 aromatic rings. The molecule has 0 heterocycles. The van der Waals surface area contributed by atoms with Gasteiger partial charge in [-0.25, -0.2) is 8.78 Å². The first kappa shape index (κ1) is 13.5. The molecule has 2 atom stereocenters. The summed E-state index contributed by atoms with van der Waals surface area (Å²) in [6, 6.07) is 1.93. The first-order valence-electron chi connectivity index (χ1n) is 4.87. The number of aliphatic hydroxyl groups excluding tert-OH is 2. The van der Waals surface area contributed by atoms with Gasteiger partial charge in [0.05, 0.1) is 12.5 Å². The molecule has 1 rings (SSSR count). The summed E-state index contributed by atoms with van der Waals surface area (Å²) >= 11 is 0. The van der Waals surface area contributed by atoms with E-state index in [0.29, 0.717) is 0 Å². The van der Waals surface area contributed by atoms with E-state index in [0.717, 1.165) is 12.1 Å². The Hall–Kier alpha value is -1.53. The molecule has 0 saturated heterocycles. The Balaban J connectivity index is 3.00. The van der Waals surface area contributed by atoms with E-state index in [2.05, 4.69) is 0 Å². The van der Waals surface area contributed by atoms with Crippen LogP contribution in [0.25, 0.3) is 0 Å². The normalized spacial score (nSPS) is 14.4. The maximum absolute atomic E-state index is 13.2. The molecule has 0 fully saturated rings. The van der Waals surface area contributed by atoms with Gasteiger partial charge in [-0.3, -0.25) is 4.79 Å². The fraction of sp³-hybridized carbons (Fsp3) is 0.364. The molecule has 94 valence electrons. The van der Waals surface area contributed by atoms with Gasteiger partial charge >= 0.3 is 5.97 Å². The van der Waals surface area contributed by atoms with E-state index in [1.807, 2.05) is 0 Å². The Morgan fingerprint density at radius 1 is 1.35 bits per heavy atom. The van der Waals surface area contributed by atoms with Crippen LogP contribution in [0.5, 0.6) is 0 Å². The predicted octanol–water partition coefficient (Wildman–Crippen LogP) is 1.14. The number of rotatable bonds is 4. The van der Waals surface area contributed by atoms with Crippen LogP contribution in [-0.4, -0.2) is 27.4 Å². The van der Waals surface area contributed by atoms with Crippen LogP contribution < -0.4 is 0 Å². The lowest BCUT2D eigenvalue weighted by Gasteiger charge is -2.18. The Kier molecular flexibility index (Phi) is 4.14. The Morgan fingerprint density at radius 2 is 1.94 bits per heavy atom. The van der Waals surface area contributed by atoms with Crippen LogP contribution in [0.4, 0.5) is 8.78 Å². The molecule has 2 unspecified atom stereocenters. The Bertz CT molecular complexity index is 434. The SMILES string of the molecule is Cc1c(C(O)C(O)CC(=O)O)ccc(F)c1F. The number of hydrogen-bond acceptors (Lipinski definition) is 3. The number of halogens is 2. The predicted molar refractivity (Wildman–Crippen MR) is 54.3 cm³/mol. The Labute approximate surface area is 96.1 Å². The summed E-state index contributed by atoms with van der Waals surface area (Å²) in [6.07, 6.45) is -3.82. The number of carbonyl (C=O) groups is 1. The largest absolute Gasteiger partial charge is 0.481 e. The second-order valence-corrected chi connectivity index (χ2v) is 3.69. The van der Waals surface area contributed by atoms with Gasteiger partial charge in [0.1, 0.15) is 6.10 Å². The van der Waals surface area contributed by atoms with Crippen molar-refractivity contribution in [1.82, 2.24) is 0 Å². The molecule has 6 heteroatoms. The minimum Gasteiger partial charge on any atom is -0.481 e. The van der Waals surface area contributed by atoms with Crippen molar-refractivity contribution < 1.29 is 28.9 Å². The van der Waals surface area contributed by atoms with E-state index in [1.54, 1.807) is 0 Å². The zero-order chi connectivity index (χ0) is 13.2. The van der Waals surface area contributed by atoms with Gasteiger partial charge in [0.15, 0.2) is 11.6 Å². The summed E-state index contributed by atoms with van der Waals surface area (Å²) < 4.78 is 26.0. The van der Waals surface area contributed by atoms with Gasteiger partial charge in [0.2, 0.25) is 0 Å². The number of hydrogen-bond donors (Lipinski definition) is 3. The van der Waals surface area contributed by atoms with E-state index >= 15 is 0 Å². The highest BCUT2D eigenvalue weighted by Gasteiger charge is 2.24. The second kappa shape index (κ2) is 5.20. The molecule has 0 aliphatic carbocycles. The molecule has 0 bridgehead atoms. The molecule has 0 radical (unpaired) electrons. The molecular weight excluding hydrogens is 234 g/mol. The standard InChI is InChI=1S/C11H12F2O4/c1-5-6(2-3-7(12)10(5)13)11(17)8(14)4-9(15)16/h2-3,8,11,14,17H,4H2,1H3,(H,15,16). The number of aliphatic carboxylic acids is 1. The summed E-state index contributed by atoms with van der Waals surface area (Å²) in [6.45, 7) is 1.24. The van der Waals surface area contributed by atoms with Gasteiger partial charge in [-0.2, -0.15) is 0 Å². The highest BCUT2D eigenvalue weighted by molar-refractivity contribution is 5.67. The second-order valence-electron chi connectivity index (χ2n) is 3.69. The zero-order valence-corrected chi connectivity index (χ0v) is 9.02. The van der Waals surface area contributed by atoms with Gasteiger partial charge < -0.3 is 15.3 Å². The van der Waals surface area contributed by atoms with Gasteiger partial charge in [-0.05, 0) is 24.1 Å². The van der Waals surface area contributed by atoms with Crippen LogP contribution in [0.3, 0.4) is 0 Å². The molecular formula is C11H12F2O4. The molecule has 0 saturated carbocycles. The zero-order valence-electron chi connectivity index (χ0n) is 9.02. The highest BCUT2D eigenvalue weighted by atomic mass is 19.2.